The van der Waals surface area contributed by atoms with E-state index in [1.165, 1.54) is 12.1 Å². The molecule has 328 valence electrons. The van der Waals surface area contributed by atoms with Crippen molar-refractivity contribution in [2.45, 2.75) is 0 Å². The van der Waals surface area contributed by atoms with Gasteiger partial charge in [-0.3, -0.25) is 0 Å². The van der Waals surface area contributed by atoms with Gasteiger partial charge in [0.05, 0.1) is 73.4 Å². The van der Waals surface area contributed by atoms with Crippen molar-refractivity contribution < 1.29 is 22.0 Å². The van der Waals surface area contributed by atoms with E-state index in [-0.39, 0.29) is 22.5 Å². The van der Waals surface area contributed by atoms with Crippen molar-refractivity contribution in [1.82, 2.24) is 19.1 Å². The molecule has 0 unspecified atom stereocenters. The van der Waals surface area contributed by atoms with E-state index in [1.54, 1.807) is 21.3 Å². The maximum atomic E-state index is 16.9. The van der Waals surface area contributed by atoms with Crippen LogP contribution in [-0.2, 0) is 0 Å². The van der Waals surface area contributed by atoms with Crippen molar-refractivity contribution in [3.63, 3.8) is 0 Å². The van der Waals surface area contributed by atoms with E-state index in [2.05, 4.69) is 6.07 Å². The molecule has 0 aliphatic rings. The van der Waals surface area contributed by atoms with E-state index >= 15 is 22.0 Å². The third-order valence-electron chi connectivity index (χ3n) is 12.7. The normalized spacial score (nSPS) is 11.5. The fourth-order valence-electron chi connectivity index (χ4n) is 9.62. The molecular weight excluding hydrogens is 874 g/mol. The number of fused-ring (bicyclic) bond motifs is 6. The second-order valence-corrected chi connectivity index (χ2v) is 16.7. The zero-order valence-electron chi connectivity index (χ0n) is 36.1. The van der Waals surface area contributed by atoms with Gasteiger partial charge in [-0.25, -0.2) is 31.9 Å². The summed E-state index contributed by atoms with van der Waals surface area (Å²) in [5.41, 5.74) is 6.69. The van der Waals surface area contributed by atoms with Crippen molar-refractivity contribution in [3.05, 3.63) is 229 Å². The van der Waals surface area contributed by atoms with Crippen LogP contribution in [0.15, 0.2) is 194 Å². The number of benzene rings is 8. The highest BCUT2D eigenvalue weighted by Gasteiger charge is 2.32. The van der Waals surface area contributed by atoms with Gasteiger partial charge < -0.3 is 9.13 Å². The predicted octanol–water partition coefficient (Wildman–Crippen LogP) is 15.6. The Morgan fingerprint density at radius 3 is 1.14 bits per heavy atom. The van der Waals surface area contributed by atoms with Crippen molar-refractivity contribution in [2.24, 2.45) is 0 Å². The number of nitriles is 1. The molecule has 0 saturated carbocycles. The van der Waals surface area contributed by atoms with Gasteiger partial charge in [-0.2, -0.15) is 5.26 Å². The first-order chi connectivity index (χ1) is 33.8. The van der Waals surface area contributed by atoms with Crippen molar-refractivity contribution in [3.8, 4) is 73.6 Å². The summed E-state index contributed by atoms with van der Waals surface area (Å²) in [7, 11) is 0. The molecule has 0 atom stereocenters. The molecule has 0 amide bonds. The molecule has 0 saturated heterocycles. The number of halogens is 5. The molecule has 0 bridgehead atoms. The topological polar surface area (TPSA) is 59.4 Å². The minimum absolute atomic E-state index is 0.000850. The fraction of sp³-hybridized carbons (Fsp3) is 0. The number of nitrogens with zero attached hydrogens (tertiary/aromatic N) is 5. The molecule has 0 aliphatic heterocycles. The molecule has 12 rings (SSSR count). The van der Waals surface area contributed by atoms with E-state index in [1.807, 2.05) is 170 Å². The maximum absolute atomic E-state index is 16.9. The number of hydrogen-bond acceptors (Lipinski definition) is 3. The van der Waals surface area contributed by atoms with Gasteiger partial charge in [0.2, 0.25) is 5.82 Å². The maximum Gasteiger partial charge on any atom is 0.200 e. The van der Waals surface area contributed by atoms with E-state index in [9.17, 15) is 5.26 Å². The average Bonchev–Trinajstić information content (AvgIpc) is 3.92. The lowest BCUT2D eigenvalue weighted by Crippen LogP contribution is -2.10. The second kappa shape index (κ2) is 16.3. The highest BCUT2D eigenvalue weighted by molar-refractivity contribution is 6.13. The molecule has 5 nitrogen and oxygen atoms in total. The number of rotatable bonds is 7. The zero-order valence-corrected chi connectivity index (χ0v) is 36.1. The van der Waals surface area contributed by atoms with Gasteiger partial charge in [0.25, 0.3) is 0 Å². The second-order valence-electron chi connectivity index (χ2n) is 16.7. The average molecular weight is 906 g/mol. The van der Waals surface area contributed by atoms with E-state index in [0.29, 0.717) is 44.6 Å². The summed E-state index contributed by atoms with van der Waals surface area (Å²) < 4.78 is 83.8. The first-order valence-corrected chi connectivity index (χ1v) is 22.0. The largest absolute Gasteiger partial charge is 0.308 e. The number of pyridine rings is 2. The molecule has 0 spiro atoms. The summed E-state index contributed by atoms with van der Waals surface area (Å²) in [6.45, 7) is 0. The molecule has 10 heteroatoms. The number of hydrogen-bond donors (Lipinski definition) is 0. The molecule has 0 aliphatic carbocycles. The van der Waals surface area contributed by atoms with Gasteiger partial charge in [-0.15, -0.1) is 0 Å². The highest BCUT2D eigenvalue weighted by Crippen LogP contribution is 2.46. The first kappa shape index (κ1) is 41.2. The minimum atomic E-state index is -2.29. The van der Waals surface area contributed by atoms with Crippen LogP contribution < -0.4 is 0 Å². The fourth-order valence-corrected chi connectivity index (χ4v) is 9.62. The van der Waals surface area contributed by atoms with Crippen LogP contribution in [0.1, 0.15) is 5.56 Å². The van der Waals surface area contributed by atoms with Crippen molar-refractivity contribution >= 4 is 43.6 Å². The molecule has 0 fully saturated rings. The SMILES string of the molecule is N#Cc1cc(-n2c3ccccc3c3ccc(-c4cccc(-c5ccccc5)n4)cc32)c(-c2c(F)c(F)c(F)c(F)c2F)c(-n2c3ccccc3c3ccc(-c4cccc(-c5ccccc5)n4)cc32)c1. The Kier molecular flexibility index (Phi) is 9.74. The van der Waals surface area contributed by atoms with Crippen LogP contribution in [0.25, 0.3) is 111 Å². The summed E-state index contributed by atoms with van der Waals surface area (Å²) in [6.07, 6.45) is 0. The van der Waals surface area contributed by atoms with Crippen LogP contribution in [0, 0.1) is 40.4 Å². The van der Waals surface area contributed by atoms with Gasteiger partial charge >= 0.3 is 0 Å². The Morgan fingerprint density at radius 1 is 0.333 bits per heavy atom. The summed E-state index contributed by atoms with van der Waals surface area (Å²) in [6, 6.07) is 62.1. The van der Waals surface area contributed by atoms with Gasteiger partial charge in [0, 0.05) is 49.4 Å². The van der Waals surface area contributed by atoms with Crippen LogP contribution in [0.3, 0.4) is 0 Å². The molecule has 4 aromatic heterocycles. The lowest BCUT2D eigenvalue weighted by Gasteiger charge is -2.22. The van der Waals surface area contributed by atoms with Crippen LogP contribution in [0.4, 0.5) is 22.0 Å². The van der Waals surface area contributed by atoms with E-state index in [0.717, 1.165) is 44.1 Å². The zero-order chi connectivity index (χ0) is 46.9. The lowest BCUT2D eigenvalue weighted by atomic mass is 9.96. The van der Waals surface area contributed by atoms with Crippen molar-refractivity contribution in [2.75, 3.05) is 0 Å². The predicted molar refractivity (Wildman–Crippen MR) is 262 cm³/mol. The van der Waals surface area contributed by atoms with Gasteiger partial charge in [-0.1, -0.05) is 133 Å². The minimum Gasteiger partial charge on any atom is -0.308 e. The standard InChI is InChI=1S/C59H32F5N5/c60-55-54(56(61)58(63)59(64)57(55)62)53-51(68-47-23-9-7-17-39(47)41-27-25-37(31-49(41)68)45-21-11-19-43(66-45)35-13-3-1-4-14-35)29-34(33-65)30-52(53)69-48-24-10-8-18-40(48)42-28-26-38(32-50(42)69)46-22-12-20-44(67-46)36-15-5-2-6-16-36/h1-32H. The molecule has 69 heavy (non-hydrogen) atoms. The monoisotopic (exact) mass is 905 g/mol. The van der Waals surface area contributed by atoms with Crippen molar-refractivity contribution in [1.29, 1.82) is 5.26 Å². The third kappa shape index (κ3) is 6.66. The number of aromatic nitrogens is 4. The Hall–Kier alpha value is -9.20. The highest BCUT2D eigenvalue weighted by atomic mass is 19.2. The molecular formula is C59H32F5N5. The van der Waals surface area contributed by atoms with E-state index < -0.39 is 34.6 Å². The van der Waals surface area contributed by atoms with Crippen LogP contribution >= 0.6 is 0 Å². The van der Waals surface area contributed by atoms with Crippen LogP contribution in [0.5, 0.6) is 0 Å². The molecule has 0 radical (unpaired) electrons. The third-order valence-corrected chi connectivity index (χ3v) is 12.7. The Bertz CT molecular complexity index is 3850. The lowest BCUT2D eigenvalue weighted by molar-refractivity contribution is 0.381. The summed E-state index contributed by atoms with van der Waals surface area (Å²) in [5.74, 6) is -10.5. The molecule has 4 heterocycles. The summed E-state index contributed by atoms with van der Waals surface area (Å²) in [5, 5.41) is 13.8. The van der Waals surface area contributed by atoms with Gasteiger partial charge in [0.15, 0.2) is 23.3 Å². The van der Waals surface area contributed by atoms with Crippen LogP contribution in [0.2, 0.25) is 0 Å². The summed E-state index contributed by atoms with van der Waals surface area (Å²) in [4.78, 5) is 9.99. The van der Waals surface area contributed by atoms with Gasteiger partial charge in [0.1, 0.15) is 0 Å². The first-order valence-electron chi connectivity index (χ1n) is 22.0. The Balaban J connectivity index is 1.19. The Morgan fingerprint density at radius 2 is 0.710 bits per heavy atom. The quantitative estimate of drug-likeness (QED) is 0.0909. The molecule has 0 N–H and O–H groups in total. The summed E-state index contributed by atoms with van der Waals surface area (Å²) >= 11 is 0. The van der Waals surface area contributed by atoms with E-state index in [4.69, 9.17) is 9.97 Å². The molecule has 8 aromatic carbocycles. The number of para-hydroxylation sites is 2. The smallest absolute Gasteiger partial charge is 0.200 e. The molecule has 12 aromatic rings. The Labute approximate surface area is 390 Å². The van der Waals surface area contributed by atoms with Crippen LogP contribution in [-0.4, -0.2) is 19.1 Å². The van der Waals surface area contributed by atoms with Gasteiger partial charge in [-0.05, 0) is 60.7 Å².